The molecule has 2 N–H and O–H groups in total. The van der Waals surface area contributed by atoms with E-state index in [-0.39, 0.29) is 11.2 Å². The van der Waals surface area contributed by atoms with Gasteiger partial charge in [-0.05, 0) is 28.7 Å². The lowest BCUT2D eigenvalue weighted by Gasteiger charge is -2.09. The van der Waals surface area contributed by atoms with Crippen molar-refractivity contribution in [3.8, 4) is 0 Å². The molecule has 0 radical (unpaired) electrons. The van der Waals surface area contributed by atoms with Crippen LogP contribution in [-0.2, 0) is 6.54 Å². The van der Waals surface area contributed by atoms with Gasteiger partial charge in [0.2, 0.25) is 5.52 Å². The van der Waals surface area contributed by atoms with Crippen LogP contribution in [0.3, 0.4) is 0 Å². The maximum atomic E-state index is 11.9. The van der Waals surface area contributed by atoms with E-state index in [0.717, 1.165) is 25.7 Å². The maximum Gasteiger partial charge on any atom is 0.435 e. The Kier molecular flexibility index (Phi) is 2.88. The topological polar surface area (TPSA) is 127 Å². The number of imidazole rings is 1. The monoisotopic (exact) mass is 279 g/mol. The summed E-state index contributed by atoms with van der Waals surface area (Å²) in [6, 6.07) is 0. The minimum Gasteiger partial charge on any atom is -0.390 e. The molecule has 106 valence electrons. The quantitative estimate of drug-likeness (QED) is 0.625. The van der Waals surface area contributed by atoms with Gasteiger partial charge in [-0.1, -0.05) is 12.8 Å². The van der Waals surface area contributed by atoms with Crippen LogP contribution in [0.15, 0.2) is 9.59 Å². The summed E-state index contributed by atoms with van der Waals surface area (Å²) >= 11 is 0. The average molecular weight is 279 g/mol. The zero-order chi connectivity index (χ0) is 14.3. The normalized spacial score (nSPS) is 16.0. The second-order valence-corrected chi connectivity index (χ2v) is 5.04. The third kappa shape index (κ3) is 2.00. The Balaban J connectivity index is 2.16. The van der Waals surface area contributed by atoms with Gasteiger partial charge in [0.1, 0.15) is 0 Å². The Morgan fingerprint density at radius 1 is 1.30 bits per heavy atom. The van der Waals surface area contributed by atoms with Crippen LogP contribution >= 0.6 is 0 Å². The number of nitrogens with one attached hydrogen (secondary N) is 2. The molecule has 9 heteroatoms. The lowest BCUT2D eigenvalue weighted by molar-refractivity contribution is -0.393. The van der Waals surface area contributed by atoms with E-state index in [1.165, 1.54) is 4.57 Å². The fourth-order valence-corrected chi connectivity index (χ4v) is 2.74. The van der Waals surface area contributed by atoms with Crippen LogP contribution in [0.4, 0.5) is 5.95 Å². The Bertz CT molecular complexity index is 780. The number of fused-ring (bicyclic) bond motifs is 1. The van der Waals surface area contributed by atoms with Crippen LogP contribution in [0.5, 0.6) is 0 Å². The maximum absolute atomic E-state index is 11.9. The van der Waals surface area contributed by atoms with E-state index in [9.17, 15) is 19.7 Å². The van der Waals surface area contributed by atoms with Crippen molar-refractivity contribution in [2.75, 3.05) is 0 Å². The van der Waals surface area contributed by atoms with Crippen molar-refractivity contribution in [1.29, 1.82) is 0 Å². The zero-order valence-corrected chi connectivity index (χ0v) is 10.6. The first kappa shape index (κ1) is 12.6. The molecule has 1 aliphatic rings. The summed E-state index contributed by atoms with van der Waals surface area (Å²) in [6.45, 7) is 0.425. The largest absolute Gasteiger partial charge is 0.435 e. The van der Waals surface area contributed by atoms with Crippen molar-refractivity contribution in [3.05, 3.63) is 31.0 Å². The Morgan fingerprint density at radius 3 is 2.65 bits per heavy atom. The molecule has 0 spiro atoms. The summed E-state index contributed by atoms with van der Waals surface area (Å²) < 4.78 is 1.32. The van der Waals surface area contributed by atoms with Gasteiger partial charge in [-0.25, -0.2) is 9.78 Å². The van der Waals surface area contributed by atoms with Crippen molar-refractivity contribution in [1.82, 2.24) is 19.5 Å². The summed E-state index contributed by atoms with van der Waals surface area (Å²) in [7, 11) is 0. The molecule has 0 atom stereocenters. The zero-order valence-electron chi connectivity index (χ0n) is 10.6. The van der Waals surface area contributed by atoms with E-state index in [1.807, 2.05) is 0 Å². The standard InChI is InChI=1S/C11H13N5O4/c17-9-7-8(13-10(12-7)16(19)20)15(11(18)14-9)5-6-3-1-2-4-6/h6H,1-5H2,(H,12,13)(H,14,17,18). The summed E-state index contributed by atoms with van der Waals surface area (Å²) in [6.07, 6.45) is 4.26. The third-order valence-corrected chi connectivity index (χ3v) is 3.71. The molecule has 0 saturated heterocycles. The number of hydrogen-bond donors (Lipinski definition) is 2. The first-order valence-corrected chi connectivity index (χ1v) is 6.43. The van der Waals surface area contributed by atoms with E-state index in [4.69, 9.17) is 0 Å². The predicted molar refractivity (Wildman–Crippen MR) is 69.6 cm³/mol. The molecule has 2 aromatic heterocycles. The molecule has 1 aliphatic carbocycles. The molecule has 1 fully saturated rings. The highest BCUT2D eigenvalue weighted by Gasteiger charge is 2.24. The van der Waals surface area contributed by atoms with Crippen LogP contribution in [0, 0.1) is 16.0 Å². The van der Waals surface area contributed by atoms with E-state index >= 15 is 0 Å². The minimum atomic E-state index is -0.718. The molecule has 0 bridgehead atoms. The molecule has 3 rings (SSSR count). The average Bonchev–Trinajstić information content (AvgIpc) is 3.03. The second kappa shape index (κ2) is 4.58. The number of aromatic amines is 2. The molecule has 2 heterocycles. The number of H-pyrrole nitrogens is 2. The molecule has 0 aliphatic heterocycles. The van der Waals surface area contributed by atoms with E-state index in [2.05, 4.69) is 15.0 Å². The smallest absolute Gasteiger partial charge is 0.390 e. The SMILES string of the molecule is O=c1[nH]c(=O)n(CC2CCCC2)c2nc([N+](=O)[O-])[nH]c12. The summed E-state index contributed by atoms with van der Waals surface area (Å²) in [4.78, 5) is 41.9. The molecule has 2 aromatic rings. The number of aromatic nitrogens is 4. The van der Waals surface area contributed by atoms with Gasteiger partial charge in [0.05, 0.1) is 0 Å². The molecule has 0 amide bonds. The summed E-state index contributed by atoms with van der Waals surface area (Å²) in [5.74, 6) is -0.186. The summed E-state index contributed by atoms with van der Waals surface area (Å²) in [5, 5.41) is 10.7. The van der Waals surface area contributed by atoms with Gasteiger partial charge in [-0.2, -0.15) is 0 Å². The van der Waals surface area contributed by atoms with Gasteiger partial charge in [0, 0.05) is 6.54 Å². The van der Waals surface area contributed by atoms with Gasteiger partial charge in [-0.15, -0.1) is 0 Å². The molecule has 0 unspecified atom stereocenters. The minimum absolute atomic E-state index is 0.0331. The van der Waals surface area contributed by atoms with E-state index < -0.39 is 22.1 Å². The molecular formula is C11H13N5O4. The molecule has 0 aromatic carbocycles. The Hall–Kier alpha value is -2.45. The van der Waals surface area contributed by atoms with Crippen molar-refractivity contribution >= 4 is 17.1 Å². The Morgan fingerprint density at radius 2 is 2.00 bits per heavy atom. The predicted octanol–water partition coefficient (Wildman–Crippen LogP) is 0.511. The summed E-state index contributed by atoms with van der Waals surface area (Å²) in [5.41, 5.74) is -1.24. The lowest BCUT2D eigenvalue weighted by Crippen LogP contribution is -2.32. The van der Waals surface area contributed by atoms with Gasteiger partial charge < -0.3 is 10.1 Å². The molecular weight excluding hydrogens is 266 g/mol. The number of rotatable bonds is 3. The van der Waals surface area contributed by atoms with Crippen LogP contribution in [0.2, 0.25) is 0 Å². The fourth-order valence-electron chi connectivity index (χ4n) is 2.74. The number of nitro groups is 1. The van der Waals surface area contributed by atoms with Crippen LogP contribution in [0.25, 0.3) is 11.2 Å². The van der Waals surface area contributed by atoms with Gasteiger partial charge in [0.15, 0.2) is 0 Å². The fraction of sp³-hybridized carbons (Fsp3) is 0.545. The van der Waals surface area contributed by atoms with Gasteiger partial charge in [-0.3, -0.25) is 14.3 Å². The molecule has 20 heavy (non-hydrogen) atoms. The van der Waals surface area contributed by atoms with Crippen molar-refractivity contribution in [3.63, 3.8) is 0 Å². The highest BCUT2D eigenvalue weighted by atomic mass is 16.6. The first-order valence-electron chi connectivity index (χ1n) is 6.43. The first-order chi connectivity index (χ1) is 9.56. The molecule has 1 saturated carbocycles. The van der Waals surface area contributed by atoms with E-state index in [1.54, 1.807) is 0 Å². The van der Waals surface area contributed by atoms with Crippen LogP contribution < -0.4 is 11.2 Å². The van der Waals surface area contributed by atoms with Crippen LogP contribution in [0.1, 0.15) is 25.7 Å². The van der Waals surface area contributed by atoms with E-state index in [0.29, 0.717) is 12.5 Å². The van der Waals surface area contributed by atoms with Crippen molar-refractivity contribution in [2.45, 2.75) is 32.2 Å². The second-order valence-electron chi connectivity index (χ2n) is 5.04. The number of hydrogen-bond acceptors (Lipinski definition) is 5. The number of nitrogens with zero attached hydrogens (tertiary/aromatic N) is 3. The highest BCUT2D eigenvalue weighted by molar-refractivity contribution is 5.71. The van der Waals surface area contributed by atoms with Crippen LogP contribution in [-0.4, -0.2) is 24.4 Å². The molecule has 9 nitrogen and oxygen atoms in total. The van der Waals surface area contributed by atoms with Gasteiger partial charge in [0.25, 0.3) is 11.2 Å². The van der Waals surface area contributed by atoms with Crippen molar-refractivity contribution < 1.29 is 4.92 Å². The van der Waals surface area contributed by atoms with Crippen molar-refractivity contribution in [2.24, 2.45) is 5.92 Å². The van der Waals surface area contributed by atoms with Gasteiger partial charge >= 0.3 is 11.6 Å². The third-order valence-electron chi connectivity index (χ3n) is 3.71. The lowest BCUT2D eigenvalue weighted by atomic mass is 10.1. The highest BCUT2D eigenvalue weighted by Crippen LogP contribution is 2.26. The Labute approximate surface area is 111 Å².